The molecule has 3 aromatic rings. The van der Waals surface area contributed by atoms with Crippen LogP contribution in [0.3, 0.4) is 0 Å². The summed E-state index contributed by atoms with van der Waals surface area (Å²) >= 11 is 0. The van der Waals surface area contributed by atoms with Crippen molar-refractivity contribution in [3.05, 3.63) is 58.7 Å². The third-order valence-electron chi connectivity index (χ3n) is 4.59. The zero-order valence-electron chi connectivity index (χ0n) is 14.1. The van der Waals surface area contributed by atoms with Crippen molar-refractivity contribution in [1.29, 1.82) is 0 Å². The molecule has 1 fully saturated rings. The lowest BCUT2D eigenvalue weighted by molar-refractivity contribution is -0.119. The fourth-order valence-electron chi connectivity index (χ4n) is 3.32. The van der Waals surface area contributed by atoms with Gasteiger partial charge >= 0.3 is 5.63 Å². The highest BCUT2D eigenvalue weighted by Gasteiger charge is 2.34. The minimum absolute atomic E-state index is 0. The molecule has 0 unspecified atom stereocenters. The number of aryl methyl sites for hydroxylation is 1. The molecule has 0 spiro atoms. The van der Waals surface area contributed by atoms with Crippen LogP contribution in [0, 0.1) is 5.92 Å². The number of fused-ring (bicyclic) bond motifs is 1. The van der Waals surface area contributed by atoms with Crippen LogP contribution in [-0.4, -0.2) is 28.8 Å². The second-order valence-electron chi connectivity index (χ2n) is 6.31. The monoisotopic (exact) mass is 374 g/mol. The van der Waals surface area contributed by atoms with Crippen LogP contribution in [0.15, 0.2) is 51.9 Å². The molecule has 2 N–H and O–H groups in total. The lowest BCUT2D eigenvalue weighted by Gasteiger charge is -2.17. The van der Waals surface area contributed by atoms with E-state index in [1.165, 1.54) is 6.07 Å². The Hall–Kier alpha value is -2.64. The summed E-state index contributed by atoms with van der Waals surface area (Å²) in [6, 6.07) is 8.29. The maximum absolute atomic E-state index is 12.7. The summed E-state index contributed by atoms with van der Waals surface area (Å²) in [6.07, 6.45) is 3.77. The average Bonchev–Trinajstić information content (AvgIpc) is 3.23. The summed E-state index contributed by atoms with van der Waals surface area (Å²) in [7, 11) is 1.87. The molecule has 1 aliphatic heterocycles. The molecule has 0 bridgehead atoms. The van der Waals surface area contributed by atoms with Crippen molar-refractivity contribution in [2.24, 2.45) is 13.0 Å². The molecule has 136 valence electrons. The molecule has 1 saturated heterocycles. The van der Waals surface area contributed by atoms with E-state index in [2.05, 4.69) is 15.7 Å². The van der Waals surface area contributed by atoms with Gasteiger partial charge in [0, 0.05) is 49.4 Å². The maximum Gasteiger partial charge on any atom is 0.336 e. The average molecular weight is 375 g/mol. The Kier molecular flexibility index (Phi) is 5.11. The zero-order valence-corrected chi connectivity index (χ0v) is 15.0. The molecule has 0 aliphatic carbocycles. The normalized spacial score (nSPS) is 19.3. The molecule has 1 aromatic carbocycles. The molecule has 1 amide bonds. The number of aromatic nitrogens is 2. The molecule has 0 radical (unpaired) electrons. The SMILES string of the molecule is Cl.Cn1cc([C@H]2CNC[C@@H]2C(=O)Nc2ccc3oc(=O)ccc3c2)cn1. The number of benzene rings is 1. The predicted molar refractivity (Wildman–Crippen MR) is 101 cm³/mol. The van der Waals surface area contributed by atoms with E-state index in [0.717, 1.165) is 17.5 Å². The number of amides is 1. The summed E-state index contributed by atoms with van der Waals surface area (Å²) in [5.74, 6) is -0.0867. The first-order valence-corrected chi connectivity index (χ1v) is 8.14. The van der Waals surface area contributed by atoms with Crippen LogP contribution in [0.2, 0.25) is 0 Å². The van der Waals surface area contributed by atoms with Crippen molar-refractivity contribution in [3.8, 4) is 0 Å². The van der Waals surface area contributed by atoms with E-state index in [4.69, 9.17) is 4.42 Å². The summed E-state index contributed by atoms with van der Waals surface area (Å²) in [6.45, 7) is 1.39. The van der Waals surface area contributed by atoms with Gasteiger partial charge in [0.15, 0.2) is 0 Å². The van der Waals surface area contributed by atoms with Gasteiger partial charge in [0.05, 0.1) is 12.1 Å². The summed E-state index contributed by atoms with van der Waals surface area (Å²) < 4.78 is 6.86. The van der Waals surface area contributed by atoms with Crippen LogP contribution in [0.25, 0.3) is 11.0 Å². The van der Waals surface area contributed by atoms with Gasteiger partial charge in [-0.25, -0.2) is 4.79 Å². The van der Waals surface area contributed by atoms with Gasteiger partial charge in [-0.2, -0.15) is 5.10 Å². The number of halogens is 1. The fourth-order valence-corrected chi connectivity index (χ4v) is 3.32. The lowest BCUT2D eigenvalue weighted by atomic mass is 9.90. The van der Waals surface area contributed by atoms with Crippen molar-refractivity contribution >= 4 is 35.0 Å². The van der Waals surface area contributed by atoms with Gasteiger partial charge in [0.25, 0.3) is 0 Å². The minimum atomic E-state index is -0.388. The number of carbonyl (C=O) groups excluding carboxylic acids is 1. The third kappa shape index (κ3) is 3.49. The van der Waals surface area contributed by atoms with E-state index in [0.29, 0.717) is 17.8 Å². The summed E-state index contributed by atoms with van der Waals surface area (Å²) in [5.41, 5.74) is 1.86. The highest BCUT2D eigenvalue weighted by atomic mass is 35.5. The molecular weight excluding hydrogens is 356 g/mol. The molecule has 8 heteroatoms. The number of hydrogen-bond donors (Lipinski definition) is 2. The summed E-state index contributed by atoms with van der Waals surface area (Å²) in [5, 5.41) is 11.2. The maximum atomic E-state index is 12.7. The van der Waals surface area contributed by atoms with Gasteiger partial charge in [0.1, 0.15) is 5.58 Å². The number of nitrogens with one attached hydrogen (secondary N) is 2. The van der Waals surface area contributed by atoms with Crippen molar-refractivity contribution in [2.75, 3.05) is 18.4 Å². The number of hydrogen-bond acceptors (Lipinski definition) is 5. The third-order valence-corrected chi connectivity index (χ3v) is 4.59. The Balaban J connectivity index is 0.00000196. The van der Waals surface area contributed by atoms with Gasteiger partial charge in [0.2, 0.25) is 5.91 Å². The first-order valence-electron chi connectivity index (χ1n) is 8.14. The van der Waals surface area contributed by atoms with Gasteiger partial charge < -0.3 is 15.1 Å². The Morgan fingerprint density at radius 2 is 2.15 bits per heavy atom. The first-order chi connectivity index (χ1) is 12.1. The van der Waals surface area contributed by atoms with Crippen molar-refractivity contribution in [1.82, 2.24) is 15.1 Å². The molecule has 4 rings (SSSR count). The van der Waals surface area contributed by atoms with Crippen LogP contribution < -0.4 is 16.3 Å². The van der Waals surface area contributed by atoms with E-state index < -0.39 is 0 Å². The Labute approximate surface area is 155 Å². The Bertz CT molecular complexity index is 997. The topological polar surface area (TPSA) is 89.2 Å². The quantitative estimate of drug-likeness (QED) is 0.683. The highest BCUT2D eigenvalue weighted by Crippen LogP contribution is 2.29. The smallest absolute Gasteiger partial charge is 0.336 e. The molecule has 2 atom stereocenters. The van der Waals surface area contributed by atoms with E-state index >= 15 is 0 Å². The number of nitrogens with zero attached hydrogens (tertiary/aromatic N) is 2. The number of rotatable bonds is 3. The first kappa shape index (κ1) is 18.2. The van der Waals surface area contributed by atoms with Crippen molar-refractivity contribution in [3.63, 3.8) is 0 Å². The van der Waals surface area contributed by atoms with E-state index in [1.807, 2.05) is 19.4 Å². The lowest BCUT2D eigenvalue weighted by Crippen LogP contribution is -2.28. The van der Waals surface area contributed by atoms with Gasteiger partial charge in [-0.05, 0) is 29.8 Å². The molecule has 3 heterocycles. The zero-order chi connectivity index (χ0) is 17.4. The van der Waals surface area contributed by atoms with Crippen LogP contribution >= 0.6 is 12.4 Å². The molecule has 26 heavy (non-hydrogen) atoms. The fraction of sp³-hybridized carbons (Fsp3) is 0.278. The number of anilines is 1. The van der Waals surface area contributed by atoms with Gasteiger partial charge in [-0.1, -0.05) is 0 Å². The molecule has 1 aliphatic rings. The summed E-state index contributed by atoms with van der Waals surface area (Å²) in [4.78, 5) is 24.0. The standard InChI is InChI=1S/C18H18N4O3.ClH/c1-22-10-12(7-20-22)14-8-19-9-15(14)18(24)21-13-3-4-16-11(6-13)2-5-17(23)25-16;/h2-7,10,14-15,19H,8-9H2,1H3,(H,21,24);1H/t14-,15+;/m1./s1. The molecule has 2 aromatic heterocycles. The van der Waals surface area contributed by atoms with E-state index in [9.17, 15) is 9.59 Å². The van der Waals surface area contributed by atoms with Crippen LogP contribution in [0.5, 0.6) is 0 Å². The number of carbonyl (C=O) groups is 1. The molecule has 7 nitrogen and oxygen atoms in total. The molecular formula is C18H19ClN4O3. The van der Waals surface area contributed by atoms with Gasteiger partial charge in [-0.15, -0.1) is 12.4 Å². The second-order valence-corrected chi connectivity index (χ2v) is 6.31. The van der Waals surface area contributed by atoms with E-state index in [-0.39, 0.29) is 35.8 Å². The highest BCUT2D eigenvalue weighted by molar-refractivity contribution is 5.95. The minimum Gasteiger partial charge on any atom is -0.423 e. The second kappa shape index (κ2) is 7.31. The van der Waals surface area contributed by atoms with Crippen LogP contribution in [0.1, 0.15) is 11.5 Å². The Morgan fingerprint density at radius 3 is 2.92 bits per heavy atom. The van der Waals surface area contributed by atoms with E-state index in [1.54, 1.807) is 28.9 Å². The molecule has 0 saturated carbocycles. The van der Waals surface area contributed by atoms with Crippen molar-refractivity contribution in [2.45, 2.75) is 5.92 Å². The Morgan fingerprint density at radius 1 is 1.31 bits per heavy atom. The van der Waals surface area contributed by atoms with Gasteiger partial charge in [-0.3, -0.25) is 9.48 Å². The van der Waals surface area contributed by atoms with Crippen molar-refractivity contribution < 1.29 is 9.21 Å². The van der Waals surface area contributed by atoms with Crippen LogP contribution in [-0.2, 0) is 11.8 Å². The predicted octanol–water partition coefficient (Wildman–Crippen LogP) is 1.89. The largest absolute Gasteiger partial charge is 0.423 e. The van der Waals surface area contributed by atoms with Crippen LogP contribution in [0.4, 0.5) is 5.69 Å².